The van der Waals surface area contributed by atoms with Crippen LogP contribution < -0.4 is 10.1 Å². The maximum Gasteiger partial charge on any atom is 0.271 e. The van der Waals surface area contributed by atoms with Gasteiger partial charge in [-0.25, -0.2) is 4.39 Å². The molecule has 0 heterocycles. The van der Waals surface area contributed by atoms with Crippen LogP contribution in [0.1, 0.15) is 24.2 Å². The van der Waals surface area contributed by atoms with E-state index in [2.05, 4.69) is 21.2 Å². The molecule has 24 heavy (non-hydrogen) atoms. The topological polar surface area (TPSA) is 81.5 Å². The van der Waals surface area contributed by atoms with E-state index in [1.165, 1.54) is 6.07 Å². The molecule has 0 aliphatic heterocycles. The second-order valence-electron chi connectivity index (χ2n) is 5.18. The van der Waals surface area contributed by atoms with Crippen molar-refractivity contribution in [3.8, 4) is 5.75 Å². The Morgan fingerprint density at radius 3 is 2.62 bits per heavy atom. The number of non-ortho nitro benzene ring substituents is 1. The van der Waals surface area contributed by atoms with Gasteiger partial charge < -0.3 is 10.1 Å². The molecule has 0 aromatic heterocycles. The average Bonchev–Trinajstić information content (AvgIpc) is 2.50. The van der Waals surface area contributed by atoms with Crippen molar-refractivity contribution >= 4 is 33.2 Å². The number of halogens is 2. The lowest BCUT2D eigenvalue weighted by Gasteiger charge is -2.14. The lowest BCUT2D eigenvalue weighted by molar-refractivity contribution is -0.384. The van der Waals surface area contributed by atoms with Gasteiger partial charge in [0.2, 0.25) is 0 Å². The highest BCUT2D eigenvalue weighted by molar-refractivity contribution is 9.10. The van der Waals surface area contributed by atoms with E-state index in [1.807, 2.05) is 13.8 Å². The molecule has 0 aliphatic carbocycles. The van der Waals surface area contributed by atoms with Crippen molar-refractivity contribution in [2.75, 3.05) is 5.32 Å². The Balaban J connectivity index is 2.35. The summed E-state index contributed by atoms with van der Waals surface area (Å²) in [4.78, 5) is 22.6. The highest BCUT2D eigenvalue weighted by Gasteiger charge is 2.18. The zero-order valence-electron chi connectivity index (χ0n) is 12.9. The number of nitro benzene ring substituents is 1. The lowest BCUT2D eigenvalue weighted by atomic mass is 10.1. The summed E-state index contributed by atoms with van der Waals surface area (Å²) in [7, 11) is 0. The van der Waals surface area contributed by atoms with Crippen molar-refractivity contribution in [1.29, 1.82) is 0 Å². The van der Waals surface area contributed by atoms with Crippen LogP contribution in [0.25, 0.3) is 0 Å². The number of benzene rings is 2. The van der Waals surface area contributed by atoms with Crippen molar-refractivity contribution in [2.24, 2.45) is 0 Å². The predicted octanol–water partition coefficient (Wildman–Crippen LogP) is 4.54. The van der Waals surface area contributed by atoms with Gasteiger partial charge in [-0.15, -0.1) is 0 Å². The standard InChI is InChI=1S/C16H14BrFN2O4/c1-9(2)24-15-6-3-10(17)7-12(15)16(21)19-14-8-11(20(22)23)4-5-13(14)18/h3-9H,1-2H3,(H,19,21). The molecule has 0 bridgehead atoms. The van der Waals surface area contributed by atoms with E-state index < -0.39 is 16.6 Å². The number of hydrogen-bond donors (Lipinski definition) is 1. The van der Waals surface area contributed by atoms with Crippen LogP contribution in [-0.4, -0.2) is 16.9 Å². The molecular formula is C16H14BrFN2O4. The fourth-order valence-electron chi connectivity index (χ4n) is 1.95. The van der Waals surface area contributed by atoms with Crippen molar-refractivity contribution in [3.05, 3.63) is 62.4 Å². The summed E-state index contributed by atoms with van der Waals surface area (Å²) < 4.78 is 20.0. The Bertz CT molecular complexity index is 796. The van der Waals surface area contributed by atoms with Crippen LogP contribution in [0, 0.1) is 15.9 Å². The molecule has 0 saturated heterocycles. The van der Waals surface area contributed by atoms with Crippen LogP contribution in [-0.2, 0) is 0 Å². The van der Waals surface area contributed by atoms with Gasteiger partial charge in [0.05, 0.1) is 22.3 Å². The number of anilines is 1. The SMILES string of the molecule is CC(C)Oc1ccc(Br)cc1C(=O)Nc1cc([N+](=O)[O-])ccc1F. The average molecular weight is 397 g/mol. The molecule has 1 N–H and O–H groups in total. The molecule has 0 atom stereocenters. The van der Waals surface area contributed by atoms with Crippen LogP contribution in [0.15, 0.2) is 40.9 Å². The lowest BCUT2D eigenvalue weighted by Crippen LogP contribution is -2.16. The molecular weight excluding hydrogens is 383 g/mol. The van der Waals surface area contributed by atoms with Gasteiger partial charge in [0.25, 0.3) is 11.6 Å². The van der Waals surface area contributed by atoms with E-state index in [0.29, 0.717) is 10.2 Å². The number of amides is 1. The Morgan fingerprint density at radius 1 is 1.29 bits per heavy atom. The summed E-state index contributed by atoms with van der Waals surface area (Å²) in [5.74, 6) is -1.07. The van der Waals surface area contributed by atoms with Gasteiger partial charge in [-0.3, -0.25) is 14.9 Å². The minimum atomic E-state index is -0.768. The third kappa shape index (κ3) is 4.29. The van der Waals surface area contributed by atoms with Gasteiger partial charge in [0, 0.05) is 16.6 Å². The first-order valence-electron chi connectivity index (χ1n) is 6.99. The molecule has 2 rings (SSSR count). The summed E-state index contributed by atoms with van der Waals surface area (Å²) in [6, 6.07) is 7.78. The van der Waals surface area contributed by atoms with Crippen molar-refractivity contribution < 1.29 is 18.8 Å². The number of hydrogen-bond acceptors (Lipinski definition) is 4. The number of rotatable bonds is 5. The van der Waals surface area contributed by atoms with E-state index in [1.54, 1.807) is 12.1 Å². The Labute approximate surface area is 145 Å². The van der Waals surface area contributed by atoms with Gasteiger partial charge in [0.15, 0.2) is 0 Å². The number of carbonyl (C=O) groups is 1. The fourth-order valence-corrected chi connectivity index (χ4v) is 2.31. The predicted molar refractivity (Wildman–Crippen MR) is 90.9 cm³/mol. The van der Waals surface area contributed by atoms with E-state index >= 15 is 0 Å². The largest absolute Gasteiger partial charge is 0.490 e. The molecule has 0 spiro atoms. The fraction of sp³-hybridized carbons (Fsp3) is 0.188. The Hall–Kier alpha value is -2.48. The van der Waals surface area contributed by atoms with E-state index in [0.717, 1.165) is 18.2 Å². The normalized spacial score (nSPS) is 10.5. The van der Waals surface area contributed by atoms with Crippen molar-refractivity contribution in [3.63, 3.8) is 0 Å². The summed E-state index contributed by atoms with van der Waals surface area (Å²) in [5.41, 5.74) is -0.409. The third-order valence-corrected chi connectivity index (χ3v) is 3.45. The van der Waals surface area contributed by atoms with Crippen LogP contribution in [0.2, 0.25) is 0 Å². The van der Waals surface area contributed by atoms with E-state index in [9.17, 15) is 19.3 Å². The van der Waals surface area contributed by atoms with Crippen LogP contribution in [0.4, 0.5) is 15.8 Å². The highest BCUT2D eigenvalue weighted by Crippen LogP contribution is 2.27. The van der Waals surface area contributed by atoms with Crippen LogP contribution in [0.3, 0.4) is 0 Å². The van der Waals surface area contributed by atoms with E-state index in [-0.39, 0.29) is 23.0 Å². The number of nitro groups is 1. The molecule has 126 valence electrons. The number of nitrogens with one attached hydrogen (secondary N) is 1. The molecule has 6 nitrogen and oxygen atoms in total. The van der Waals surface area contributed by atoms with E-state index in [4.69, 9.17) is 4.74 Å². The molecule has 2 aromatic carbocycles. The maximum atomic E-state index is 13.8. The minimum Gasteiger partial charge on any atom is -0.490 e. The second-order valence-corrected chi connectivity index (χ2v) is 6.10. The van der Waals surface area contributed by atoms with Gasteiger partial charge >= 0.3 is 0 Å². The monoisotopic (exact) mass is 396 g/mol. The quantitative estimate of drug-likeness (QED) is 0.594. The zero-order valence-corrected chi connectivity index (χ0v) is 14.5. The Kier molecular flexibility index (Phi) is 5.50. The van der Waals surface area contributed by atoms with Crippen molar-refractivity contribution in [2.45, 2.75) is 20.0 Å². The summed E-state index contributed by atoms with van der Waals surface area (Å²) in [5, 5.41) is 13.1. The Morgan fingerprint density at radius 2 is 2.00 bits per heavy atom. The van der Waals surface area contributed by atoms with Crippen LogP contribution >= 0.6 is 15.9 Å². The first kappa shape index (κ1) is 17.9. The molecule has 0 aliphatic rings. The molecule has 2 aromatic rings. The summed E-state index contributed by atoms with van der Waals surface area (Å²) >= 11 is 3.26. The third-order valence-electron chi connectivity index (χ3n) is 2.96. The highest BCUT2D eigenvalue weighted by atomic mass is 79.9. The first-order valence-corrected chi connectivity index (χ1v) is 7.78. The number of carbonyl (C=O) groups excluding carboxylic acids is 1. The second kappa shape index (κ2) is 7.39. The van der Waals surface area contributed by atoms with Gasteiger partial charge in [-0.05, 0) is 38.1 Å². The molecule has 1 amide bonds. The smallest absolute Gasteiger partial charge is 0.271 e. The van der Waals surface area contributed by atoms with Gasteiger partial charge in [0.1, 0.15) is 11.6 Å². The number of ether oxygens (including phenoxy) is 1. The van der Waals surface area contributed by atoms with Crippen molar-refractivity contribution in [1.82, 2.24) is 0 Å². The summed E-state index contributed by atoms with van der Waals surface area (Å²) in [6.45, 7) is 3.62. The molecule has 0 fully saturated rings. The zero-order chi connectivity index (χ0) is 17.9. The number of nitrogens with zero attached hydrogens (tertiary/aromatic N) is 1. The molecule has 0 saturated carbocycles. The first-order chi connectivity index (χ1) is 11.3. The van der Waals surface area contributed by atoms with Gasteiger partial charge in [-0.1, -0.05) is 15.9 Å². The molecule has 0 radical (unpaired) electrons. The van der Waals surface area contributed by atoms with Gasteiger partial charge in [-0.2, -0.15) is 0 Å². The van der Waals surface area contributed by atoms with Crippen LogP contribution in [0.5, 0.6) is 5.75 Å². The maximum absolute atomic E-state index is 13.8. The molecule has 8 heteroatoms. The summed E-state index contributed by atoms with van der Waals surface area (Å²) in [6.07, 6.45) is -0.160. The molecule has 0 unspecified atom stereocenters. The minimum absolute atomic E-state index is 0.160.